The van der Waals surface area contributed by atoms with Crippen molar-refractivity contribution in [3.05, 3.63) is 77.4 Å². The molecule has 3 aromatic rings. The Hall–Kier alpha value is -2.63. The third kappa shape index (κ3) is 4.01. The molecule has 1 amide bonds. The van der Waals surface area contributed by atoms with E-state index in [0.29, 0.717) is 10.1 Å². The molecule has 6 heteroatoms. The van der Waals surface area contributed by atoms with Crippen LogP contribution in [0.1, 0.15) is 5.56 Å². The van der Waals surface area contributed by atoms with Crippen molar-refractivity contribution in [3.8, 4) is 11.3 Å². The van der Waals surface area contributed by atoms with Gasteiger partial charge in [0.05, 0.1) is 12.2 Å². The van der Waals surface area contributed by atoms with E-state index in [9.17, 15) is 10.0 Å². The second-order valence-corrected chi connectivity index (χ2v) is 5.78. The maximum atomic E-state index is 12.1. The Labute approximate surface area is 144 Å². The highest BCUT2D eigenvalue weighted by molar-refractivity contribution is 6.30. The fourth-order valence-electron chi connectivity index (χ4n) is 2.29. The standard InChI is InChI=1S/C18H16ClN3O2/c19-16-8-6-15(7-9-16)17-10-11-21(20-17)13-18(23)22(24)12-14-4-2-1-3-5-14/h1-11,24H,12-13H2. The molecular formula is C18H16ClN3O2. The zero-order chi connectivity index (χ0) is 16.9. The zero-order valence-corrected chi connectivity index (χ0v) is 13.6. The second-order valence-electron chi connectivity index (χ2n) is 5.34. The van der Waals surface area contributed by atoms with Crippen molar-refractivity contribution in [2.24, 2.45) is 0 Å². The number of amides is 1. The molecule has 0 unspecified atom stereocenters. The van der Waals surface area contributed by atoms with Gasteiger partial charge in [-0.15, -0.1) is 0 Å². The van der Waals surface area contributed by atoms with E-state index in [1.807, 2.05) is 48.5 Å². The summed E-state index contributed by atoms with van der Waals surface area (Å²) in [5.41, 5.74) is 2.51. The fourth-order valence-corrected chi connectivity index (χ4v) is 2.42. The molecule has 0 radical (unpaired) electrons. The summed E-state index contributed by atoms with van der Waals surface area (Å²) < 4.78 is 1.50. The van der Waals surface area contributed by atoms with E-state index < -0.39 is 5.91 Å². The van der Waals surface area contributed by atoms with Gasteiger partial charge in [-0.25, -0.2) is 5.06 Å². The van der Waals surface area contributed by atoms with Gasteiger partial charge in [-0.2, -0.15) is 5.10 Å². The zero-order valence-electron chi connectivity index (χ0n) is 12.8. The average molecular weight is 342 g/mol. The highest BCUT2D eigenvalue weighted by Gasteiger charge is 2.13. The Bertz CT molecular complexity index is 816. The van der Waals surface area contributed by atoms with Crippen molar-refractivity contribution in [2.45, 2.75) is 13.1 Å². The number of hydrogen-bond donors (Lipinski definition) is 1. The summed E-state index contributed by atoms with van der Waals surface area (Å²) in [6.45, 7) is 0.113. The van der Waals surface area contributed by atoms with Crippen LogP contribution in [0.5, 0.6) is 0 Å². The van der Waals surface area contributed by atoms with Crippen molar-refractivity contribution in [1.82, 2.24) is 14.8 Å². The number of aromatic nitrogens is 2. The van der Waals surface area contributed by atoms with Gasteiger partial charge in [0.15, 0.2) is 0 Å². The molecule has 0 saturated heterocycles. The smallest absolute Gasteiger partial charge is 0.267 e. The molecule has 2 aromatic carbocycles. The summed E-state index contributed by atoms with van der Waals surface area (Å²) in [4.78, 5) is 12.1. The third-order valence-electron chi connectivity index (χ3n) is 3.54. The first-order valence-corrected chi connectivity index (χ1v) is 7.82. The van der Waals surface area contributed by atoms with Gasteiger partial charge in [-0.3, -0.25) is 14.7 Å². The maximum absolute atomic E-state index is 12.1. The number of hydroxylamine groups is 2. The van der Waals surface area contributed by atoms with Crippen LogP contribution in [-0.4, -0.2) is 26.0 Å². The lowest BCUT2D eigenvalue weighted by atomic mass is 10.2. The van der Waals surface area contributed by atoms with E-state index in [2.05, 4.69) is 5.10 Å². The van der Waals surface area contributed by atoms with Gasteiger partial charge in [-0.1, -0.05) is 54.1 Å². The lowest BCUT2D eigenvalue weighted by molar-refractivity contribution is -0.168. The number of carbonyl (C=O) groups excluding carboxylic acids is 1. The largest absolute Gasteiger partial charge is 0.286 e. The van der Waals surface area contributed by atoms with Crippen LogP contribution in [0.15, 0.2) is 66.9 Å². The number of nitrogens with zero attached hydrogens (tertiary/aromatic N) is 3. The van der Waals surface area contributed by atoms with Gasteiger partial charge < -0.3 is 0 Å². The van der Waals surface area contributed by atoms with Crippen molar-refractivity contribution >= 4 is 17.5 Å². The minimum Gasteiger partial charge on any atom is -0.286 e. The lowest BCUT2D eigenvalue weighted by Gasteiger charge is -2.14. The molecule has 122 valence electrons. The van der Waals surface area contributed by atoms with Crippen LogP contribution in [0.4, 0.5) is 0 Å². The summed E-state index contributed by atoms with van der Waals surface area (Å²) >= 11 is 5.87. The van der Waals surface area contributed by atoms with Crippen LogP contribution in [0, 0.1) is 0 Å². The molecule has 0 aliphatic heterocycles. The summed E-state index contributed by atoms with van der Waals surface area (Å²) in [7, 11) is 0. The summed E-state index contributed by atoms with van der Waals surface area (Å²) in [5, 5.41) is 15.6. The molecule has 1 N–H and O–H groups in total. The molecule has 0 aliphatic rings. The Morgan fingerprint density at radius 1 is 1.08 bits per heavy atom. The minimum atomic E-state index is -0.426. The predicted octanol–water partition coefficient (Wildman–Crippen LogP) is 3.62. The van der Waals surface area contributed by atoms with Crippen molar-refractivity contribution < 1.29 is 10.0 Å². The Kier molecular flexibility index (Phi) is 4.93. The van der Waals surface area contributed by atoms with Gasteiger partial charge in [0.25, 0.3) is 5.91 Å². The van der Waals surface area contributed by atoms with Gasteiger partial charge in [0.1, 0.15) is 6.54 Å². The average Bonchev–Trinajstić information content (AvgIpc) is 3.05. The number of halogens is 1. The Morgan fingerprint density at radius 2 is 1.79 bits per heavy atom. The molecule has 1 aromatic heterocycles. The normalized spacial score (nSPS) is 10.6. The van der Waals surface area contributed by atoms with Crippen LogP contribution in [0.3, 0.4) is 0 Å². The third-order valence-corrected chi connectivity index (χ3v) is 3.79. The van der Waals surface area contributed by atoms with Crippen LogP contribution in [0.25, 0.3) is 11.3 Å². The Balaban J connectivity index is 1.63. The number of carbonyl (C=O) groups is 1. The first-order valence-electron chi connectivity index (χ1n) is 7.44. The predicted molar refractivity (Wildman–Crippen MR) is 91.5 cm³/mol. The first-order chi connectivity index (χ1) is 11.6. The number of rotatable bonds is 5. The topological polar surface area (TPSA) is 58.4 Å². The van der Waals surface area contributed by atoms with Crippen molar-refractivity contribution in [3.63, 3.8) is 0 Å². The van der Waals surface area contributed by atoms with E-state index in [1.165, 1.54) is 4.68 Å². The van der Waals surface area contributed by atoms with E-state index in [-0.39, 0.29) is 13.1 Å². The first kappa shape index (κ1) is 16.2. The molecule has 0 spiro atoms. The molecule has 1 heterocycles. The molecule has 3 rings (SSSR count). The van der Waals surface area contributed by atoms with E-state index in [1.54, 1.807) is 18.3 Å². The monoisotopic (exact) mass is 341 g/mol. The summed E-state index contributed by atoms with van der Waals surface area (Å²) in [6, 6.07) is 18.4. The van der Waals surface area contributed by atoms with Gasteiger partial charge in [0, 0.05) is 16.8 Å². The molecule has 0 atom stereocenters. The van der Waals surface area contributed by atoms with Gasteiger partial charge in [-0.05, 0) is 23.8 Å². The SMILES string of the molecule is O=C(Cn1ccc(-c2ccc(Cl)cc2)n1)N(O)Cc1ccccc1. The number of hydrogen-bond acceptors (Lipinski definition) is 3. The molecule has 0 bridgehead atoms. The van der Waals surface area contributed by atoms with Gasteiger partial charge in [0.2, 0.25) is 0 Å². The quantitative estimate of drug-likeness (QED) is 0.569. The Morgan fingerprint density at radius 3 is 2.50 bits per heavy atom. The minimum absolute atomic E-state index is 0.0308. The molecular weight excluding hydrogens is 326 g/mol. The highest BCUT2D eigenvalue weighted by atomic mass is 35.5. The van der Waals surface area contributed by atoms with Gasteiger partial charge >= 0.3 is 0 Å². The molecule has 24 heavy (non-hydrogen) atoms. The van der Waals surface area contributed by atoms with Crippen LogP contribution in [-0.2, 0) is 17.9 Å². The van der Waals surface area contributed by atoms with Crippen molar-refractivity contribution in [2.75, 3.05) is 0 Å². The molecule has 0 saturated carbocycles. The molecule has 0 aliphatic carbocycles. The highest BCUT2D eigenvalue weighted by Crippen LogP contribution is 2.19. The lowest BCUT2D eigenvalue weighted by Crippen LogP contribution is -2.30. The molecule has 5 nitrogen and oxygen atoms in total. The van der Waals surface area contributed by atoms with Crippen LogP contribution < -0.4 is 0 Å². The number of benzene rings is 2. The van der Waals surface area contributed by atoms with Crippen molar-refractivity contribution in [1.29, 1.82) is 0 Å². The second kappa shape index (κ2) is 7.29. The molecule has 0 fully saturated rings. The fraction of sp³-hybridized carbons (Fsp3) is 0.111. The van der Waals surface area contributed by atoms with Crippen LogP contribution >= 0.6 is 11.6 Å². The maximum Gasteiger partial charge on any atom is 0.267 e. The summed E-state index contributed by atoms with van der Waals surface area (Å²) in [5.74, 6) is -0.426. The van der Waals surface area contributed by atoms with Crippen LogP contribution in [0.2, 0.25) is 5.02 Å². The van der Waals surface area contributed by atoms with E-state index in [0.717, 1.165) is 16.8 Å². The van der Waals surface area contributed by atoms with E-state index in [4.69, 9.17) is 11.6 Å². The van der Waals surface area contributed by atoms with E-state index >= 15 is 0 Å². The summed E-state index contributed by atoms with van der Waals surface area (Å²) in [6.07, 6.45) is 1.71.